The molecule has 0 spiro atoms. The molecule has 0 N–H and O–H groups in total. The first-order valence-electron chi connectivity index (χ1n) is 20.9. The van der Waals surface area contributed by atoms with Crippen molar-refractivity contribution in [3.8, 4) is 5.75 Å². The van der Waals surface area contributed by atoms with Crippen molar-refractivity contribution in [3.05, 3.63) is 138 Å². The van der Waals surface area contributed by atoms with Crippen molar-refractivity contribution < 1.29 is 18.3 Å². The van der Waals surface area contributed by atoms with Gasteiger partial charge in [0, 0.05) is 67.5 Å². The highest BCUT2D eigenvalue weighted by Gasteiger charge is 2.42. The van der Waals surface area contributed by atoms with Gasteiger partial charge in [-0.2, -0.15) is 9.14 Å². The summed E-state index contributed by atoms with van der Waals surface area (Å²) >= 11 is 5.90. The van der Waals surface area contributed by atoms with Gasteiger partial charge in [0.2, 0.25) is 17.2 Å². The highest BCUT2D eigenvalue weighted by molar-refractivity contribution is 6.18. The first kappa shape index (κ1) is 41.6. The lowest BCUT2D eigenvalue weighted by Gasteiger charge is -2.21. The molecule has 0 amide bonds. The quantitative estimate of drug-likeness (QED) is 0.0782. The van der Waals surface area contributed by atoms with E-state index in [9.17, 15) is 0 Å². The van der Waals surface area contributed by atoms with Crippen molar-refractivity contribution in [2.24, 2.45) is 0 Å². The number of hydrogen-bond acceptors (Lipinski definition) is 4. The Bertz CT molecular complexity index is 2240. The number of aryl methyl sites for hydroxylation is 1. The van der Waals surface area contributed by atoms with Gasteiger partial charge < -0.3 is 19.0 Å². The van der Waals surface area contributed by atoms with Crippen LogP contribution < -0.4 is 19.1 Å². The van der Waals surface area contributed by atoms with Crippen LogP contribution >= 0.6 is 11.6 Å². The number of nitrogens with zero attached hydrogens (tertiary/aromatic N) is 4. The van der Waals surface area contributed by atoms with Crippen molar-refractivity contribution >= 4 is 57.6 Å². The van der Waals surface area contributed by atoms with Gasteiger partial charge in [-0.3, -0.25) is 0 Å². The van der Waals surface area contributed by atoms with Crippen LogP contribution in [0.1, 0.15) is 90.7 Å². The van der Waals surface area contributed by atoms with E-state index in [4.69, 9.17) is 20.8 Å². The Balaban J connectivity index is 0.000000196. The van der Waals surface area contributed by atoms with Gasteiger partial charge in [0.15, 0.2) is 18.0 Å². The number of allylic oxidation sites excluding steroid dienone is 3. The molecule has 0 radical (unpaired) electrons. The molecule has 298 valence electrons. The summed E-state index contributed by atoms with van der Waals surface area (Å²) in [6, 6.07) is 34.0. The molecule has 0 unspecified atom stereocenters. The maximum Gasteiger partial charge on any atom is 0.374 e. The zero-order valence-electron chi connectivity index (χ0n) is 35.1. The average molecular weight is 786 g/mol. The van der Waals surface area contributed by atoms with E-state index < -0.39 is 0 Å². The number of halogens is 1. The minimum absolute atomic E-state index is 0.0150. The van der Waals surface area contributed by atoms with Crippen molar-refractivity contribution in [2.45, 2.75) is 85.6 Å². The smallest absolute Gasteiger partial charge is 0.374 e. The van der Waals surface area contributed by atoms with Crippen molar-refractivity contribution in [3.63, 3.8) is 0 Å². The second-order valence-corrected chi connectivity index (χ2v) is 15.7. The lowest BCUT2D eigenvalue weighted by atomic mass is 9.81. The molecule has 0 saturated carbocycles. The molecule has 7 rings (SSSR count). The molecule has 4 aromatic carbocycles. The third-order valence-electron chi connectivity index (χ3n) is 11.1. The molecule has 7 heteroatoms. The van der Waals surface area contributed by atoms with E-state index in [0.29, 0.717) is 5.88 Å². The fraction of sp³-hybridized carbons (Fsp3) is 0.360. The maximum atomic E-state index is 6.25. The Labute approximate surface area is 346 Å². The van der Waals surface area contributed by atoms with Gasteiger partial charge in [0.25, 0.3) is 5.52 Å². The van der Waals surface area contributed by atoms with Crippen LogP contribution in [0, 0.1) is 0 Å². The molecule has 0 aliphatic carbocycles. The second kappa shape index (κ2) is 19.4. The molecular weight excluding hydrogens is 724 g/mol. The zero-order valence-corrected chi connectivity index (χ0v) is 35.9. The van der Waals surface area contributed by atoms with Gasteiger partial charge in [-0.05, 0) is 81.2 Å². The van der Waals surface area contributed by atoms with Crippen LogP contribution in [0.3, 0.4) is 0 Å². The average Bonchev–Trinajstić information content (AvgIpc) is 3.83. The largest absolute Gasteiger partial charge is 0.439 e. The number of unbranched alkanes of at least 4 members (excludes halogenated alkanes) is 2. The molecule has 1 aromatic heterocycles. The van der Waals surface area contributed by atoms with Gasteiger partial charge in [-0.25, -0.2) is 0 Å². The summed E-state index contributed by atoms with van der Waals surface area (Å²) in [5.74, 6) is 3.38. The Morgan fingerprint density at radius 3 is 2.28 bits per heavy atom. The molecule has 5 aromatic rings. The number of alkyl halides is 1. The Morgan fingerprint density at radius 1 is 0.842 bits per heavy atom. The fourth-order valence-electron chi connectivity index (χ4n) is 7.82. The summed E-state index contributed by atoms with van der Waals surface area (Å²) < 4.78 is 17.1. The molecule has 2 aliphatic rings. The number of benzene rings is 4. The number of oxazole rings is 1. The molecule has 0 bridgehead atoms. The number of para-hydroxylation sites is 5. The number of fused-ring (bicyclic) bond motifs is 3. The summed E-state index contributed by atoms with van der Waals surface area (Å²) in [5, 5.41) is 0. The summed E-state index contributed by atoms with van der Waals surface area (Å²) in [7, 11) is 2.15. The molecule has 0 atom stereocenters. The summed E-state index contributed by atoms with van der Waals surface area (Å²) in [4.78, 5) is 4.59. The summed E-state index contributed by atoms with van der Waals surface area (Å²) in [6.45, 7) is 17.1. The minimum Gasteiger partial charge on any atom is -0.439 e. The number of anilines is 2. The second-order valence-electron chi connectivity index (χ2n) is 15.3. The normalized spacial score (nSPS) is 15.3. The lowest BCUT2D eigenvalue weighted by molar-refractivity contribution is -0.678. The highest BCUT2D eigenvalue weighted by Crippen LogP contribution is 2.40. The lowest BCUT2D eigenvalue weighted by Crippen LogP contribution is -2.35. The van der Waals surface area contributed by atoms with Crippen LogP contribution in [-0.2, 0) is 12.0 Å². The Kier molecular flexibility index (Phi) is 14.1. The van der Waals surface area contributed by atoms with E-state index in [1.807, 2.05) is 24.3 Å². The Morgan fingerprint density at radius 2 is 1.56 bits per heavy atom. The maximum absolute atomic E-state index is 6.25. The third-order valence-corrected chi connectivity index (χ3v) is 11.3. The first-order chi connectivity index (χ1) is 27.7. The fourth-order valence-corrected chi connectivity index (χ4v) is 8.03. The van der Waals surface area contributed by atoms with Crippen molar-refractivity contribution in [1.29, 1.82) is 0 Å². The van der Waals surface area contributed by atoms with E-state index in [-0.39, 0.29) is 5.41 Å². The number of hydrogen-bond donors (Lipinski definition) is 0. The zero-order chi connectivity index (χ0) is 40.4. The summed E-state index contributed by atoms with van der Waals surface area (Å²) in [6.07, 6.45) is 14.3. The molecule has 0 saturated heterocycles. The van der Waals surface area contributed by atoms with E-state index in [2.05, 4.69) is 165 Å². The minimum atomic E-state index is 0.0150. The van der Waals surface area contributed by atoms with Gasteiger partial charge >= 0.3 is 5.89 Å². The van der Waals surface area contributed by atoms with Crippen LogP contribution in [0.15, 0.2) is 125 Å². The monoisotopic (exact) mass is 784 g/mol. The van der Waals surface area contributed by atoms with Crippen LogP contribution in [0.4, 0.5) is 17.1 Å². The van der Waals surface area contributed by atoms with Crippen LogP contribution in [0.5, 0.6) is 5.75 Å². The number of rotatable bonds is 15. The predicted molar refractivity (Wildman–Crippen MR) is 241 cm³/mol. The van der Waals surface area contributed by atoms with Gasteiger partial charge in [-0.1, -0.05) is 88.2 Å². The topological polar surface area (TPSA) is 35.7 Å². The molecule has 57 heavy (non-hydrogen) atoms. The van der Waals surface area contributed by atoms with Crippen LogP contribution in [-0.4, -0.2) is 42.8 Å². The third kappa shape index (κ3) is 9.39. The molecular formula is C50H61ClN4O2+2. The van der Waals surface area contributed by atoms with Gasteiger partial charge in [0.05, 0.1) is 17.2 Å². The molecule has 6 nitrogen and oxygen atoms in total. The van der Waals surface area contributed by atoms with Gasteiger partial charge in [0.1, 0.15) is 7.05 Å². The van der Waals surface area contributed by atoms with E-state index in [1.165, 1.54) is 33.8 Å². The number of aromatic nitrogens is 1. The first-order valence-corrected chi connectivity index (χ1v) is 21.4. The molecule has 0 fully saturated rings. The predicted octanol–water partition coefficient (Wildman–Crippen LogP) is 12.3. The number of ether oxygens (including phenoxy) is 1. The SMILES string of the molecule is CCCCN1C(=CC(=Cc2oc3ccccc3[n+]2CCCC)CC)Oc2ccccc21.CCN(CCCl)c1ccc(C=CC2=[N+](C)c3ccccc3C2(C)C)cc1. The summed E-state index contributed by atoms with van der Waals surface area (Å²) in [5.41, 5.74) is 10.9. The molecule has 2 aliphatic heterocycles. The highest BCUT2D eigenvalue weighted by atomic mass is 35.5. The van der Waals surface area contributed by atoms with Crippen molar-refractivity contribution in [1.82, 2.24) is 0 Å². The van der Waals surface area contributed by atoms with Gasteiger partial charge in [-0.15, -0.1) is 11.6 Å². The van der Waals surface area contributed by atoms with E-state index in [1.54, 1.807) is 0 Å². The Hall–Kier alpha value is -5.07. The van der Waals surface area contributed by atoms with E-state index >= 15 is 0 Å². The standard InChI is InChI=1S/C27H33N2O2.C23H28ClN2/c1-4-7-17-28-22-13-9-11-15-24(22)30-26(28)19-21(6-3)20-27-29(18-8-5-2)23-14-10-12-16-25(23)31-27;1-5-26(17-16-24)19-13-10-18(11-14-19)12-15-22-23(2,3)20-8-6-7-9-21(20)25(22)4/h9-16,19-20H,4-8,17-18H2,1-3H3;6-15H,5,16-17H2,1-4H3/q2*+1. The van der Waals surface area contributed by atoms with Crippen LogP contribution in [0.2, 0.25) is 0 Å². The molecule has 3 heterocycles. The van der Waals surface area contributed by atoms with Crippen molar-refractivity contribution in [2.75, 3.05) is 42.4 Å². The van der Waals surface area contributed by atoms with Crippen LogP contribution in [0.25, 0.3) is 23.3 Å². The van der Waals surface area contributed by atoms with E-state index in [0.717, 1.165) is 92.6 Å².